The van der Waals surface area contributed by atoms with Crippen LogP contribution in [0.5, 0.6) is 0 Å². The Hall–Kier alpha value is -2.68. The molecule has 2 aromatic heterocycles. The van der Waals surface area contributed by atoms with Crippen molar-refractivity contribution in [3.63, 3.8) is 0 Å². The maximum Gasteiger partial charge on any atom is 0.320 e. The fourth-order valence-corrected chi connectivity index (χ4v) is 4.97. The molecule has 170 valence electrons. The molecule has 1 aromatic carbocycles. The molecule has 2 atom stereocenters. The van der Waals surface area contributed by atoms with Crippen molar-refractivity contribution in [2.45, 2.75) is 31.7 Å². The van der Waals surface area contributed by atoms with Gasteiger partial charge in [0.2, 0.25) is 0 Å². The normalized spacial score (nSPS) is 18.9. The van der Waals surface area contributed by atoms with Crippen LogP contribution in [-0.2, 0) is 4.74 Å². The van der Waals surface area contributed by atoms with Gasteiger partial charge in [0.25, 0.3) is 0 Å². The van der Waals surface area contributed by atoms with Crippen molar-refractivity contribution in [1.29, 1.82) is 0 Å². The summed E-state index contributed by atoms with van der Waals surface area (Å²) >= 11 is 1.74. The Bertz CT molecular complexity index is 1000. The Morgan fingerprint density at radius 3 is 2.72 bits per heavy atom. The van der Waals surface area contributed by atoms with E-state index in [1.165, 1.54) is 4.88 Å². The molecule has 0 bridgehead atoms. The lowest BCUT2D eigenvalue weighted by Crippen LogP contribution is -2.42. The second kappa shape index (κ2) is 10.3. The van der Waals surface area contributed by atoms with Gasteiger partial charge in [0.1, 0.15) is 5.82 Å². The highest BCUT2D eigenvalue weighted by Gasteiger charge is 2.35. The number of likely N-dealkylation sites (tertiary alicyclic amines) is 1. The lowest BCUT2D eigenvalue weighted by Gasteiger charge is -2.19. The van der Waals surface area contributed by atoms with E-state index >= 15 is 0 Å². The number of hydrogen-bond acceptors (Lipinski definition) is 5. The van der Waals surface area contributed by atoms with E-state index in [0.717, 1.165) is 31.0 Å². The van der Waals surface area contributed by atoms with Gasteiger partial charge in [-0.15, -0.1) is 11.3 Å². The van der Waals surface area contributed by atoms with Crippen molar-refractivity contribution in [3.8, 4) is 5.69 Å². The lowest BCUT2D eigenvalue weighted by atomic mass is 10.0. The minimum atomic E-state index is -0.211. The van der Waals surface area contributed by atoms with E-state index in [1.807, 2.05) is 36.4 Å². The van der Waals surface area contributed by atoms with Gasteiger partial charge in [0.15, 0.2) is 0 Å². The minimum Gasteiger partial charge on any atom is -0.383 e. The average Bonchev–Trinajstić information content (AvgIpc) is 3.53. The number of nitrogens with zero attached hydrogens (tertiary/aromatic N) is 3. The standard InChI is InChI=1S/C24H31N5O2S/c1-17(2)20-14-23(29(27-20)18-8-5-4-6-9-18)26-24(30)25-21-16-28(11-12-31-3)15-19(21)22-10-7-13-32-22/h4-10,13-14,17,19,21H,11-12,15-16H2,1-3H3,(H2,25,26,30)/t19-,21-/m0/s1. The number of nitrogens with one attached hydrogen (secondary N) is 2. The van der Waals surface area contributed by atoms with E-state index < -0.39 is 0 Å². The summed E-state index contributed by atoms with van der Waals surface area (Å²) in [5.41, 5.74) is 1.85. The van der Waals surface area contributed by atoms with Gasteiger partial charge in [-0.05, 0) is 29.5 Å². The molecule has 1 aliphatic heterocycles. The highest BCUT2D eigenvalue weighted by Crippen LogP contribution is 2.31. The lowest BCUT2D eigenvalue weighted by molar-refractivity contribution is 0.159. The topological polar surface area (TPSA) is 71.4 Å². The Morgan fingerprint density at radius 1 is 1.22 bits per heavy atom. The van der Waals surface area contributed by atoms with Crippen LogP contribution in [-0.4, -0.2) is 60.1 Å². The van der Waals surface area contributed by atoms with Crippen LogP contribution < -0.4 is 10.6 Å². The van der Waals surface area contributed by atoms with E-state index in [4.69, 9.17) is 9.84 Å². The van der Waals surface area contributed by atoms with Crippen molar-refractivity contribution in [3.05, 3.63) is 64.5 Å². The average molecular weight is 454 g/mol. The summed E-state index contributed by atoms with van der Waals surface area (Å²) in [6.45, 7) is 7.45. The Balaban J connectivity index is 1.50. The van der Waals surface area contributed by atoms with Crippen molar-refractivity contribution in [2.75, 3.05) is 38.7 Å². The molecular formula is C24H31N5O2S. The van der Waals surface area contributed by atoms with E-state index in [0.29, 0.717) is 12.4 Å². The van der Waals surface area contributed by atoms with E-state index in [-0.39, 0.29) is 23.9 Å². The zero-order chi connectivity index (χ0) is 22.5. The quantitative estimate of drug-likeness (QED) is 0.534. The number of thiophene rings is 1. The smallest absolute Gasteiger partial charge is 0.320 e. The van der Waals surface area contributed by atoms with Gasteiger partial charge >= 0.3 is 6.03 Å². The number of ether oxygens (including phenoxy) is 1. The number of amides is 2. The summed E-state index contributed by atoms with van der Waals surface area (Å²) in [7, 11) is 1.72. The molecular weight excluding hydrogens is 422 g/mol. The molecule has 0 radical (unpaired) electrons. The first-order valence-corrected chi connectivity index (χ1v) is 11.9. The Kier molecular flexibility index (Phi) is 7.24. The van der Waals surface area contributed by atoms with E-state index in [9.17, 15) is 4.79 Å². The number of aromatic nitrogens is 2. The van der Waals surface area contributed by atoms with Gasteiger partial charge in [-0.25, -0.2) is 9.48 Å². The third kappa shape index (κ3) is 5.20. The van der Waals surface area contributed by atoms with Crippen LogP contribution in [0.25, 0.3) is 5.69 Å². The molecule has 0 spiro atoms. The predicted molar refractivity (Wildman–Crippen MR) is 129 cm³/mol. The van der Waals surface area contributed by atoms with Gasteiger partial charge < -0.3 is 10.1 Å². The molecule has 7 nitrogen and oxygen atoms in total. The number of benzene rings is 1. The number of para-hydroxylation sites is 1. The molecule has 3 heterocycles. The fourth-order valence-electron chi connectivity index (χ4n) is 4.08. The van der Waals surface area contributed by atoms with Crippen LogP contribution in [0.15, 0.2) is 53.9 Å². The maximum absolute atomic E-state index is 13.1. The van der Waals surface area contributed by atoms with Crippen LogP contribution >= 0.6 is 11.3 Å². The summed E-state index contributed by atoms with van der Waals surface area (Å²) < 4.78 is 7.05. The minimum absolute atomic E-state index is 0.0307. The van der Waals surface area contributed by atoms with E-state index in [2.05, 4.69) is 46.9 Å². The largest absolute Gasteiger partial charge is 0.383 e. The SMILES string of the molecule is COCCN1C[C@H](NC(=O)Nc2cc(C(C)C)nn2-c2ccccc2)[C@@H](c2cccs2)C1. The number of carbonyl (C=O) groups excluding carboxylic acids is 1. The second-order valence-corrected chi connectivity index (χ2v) is 9.42. The summed E-state index contributed by atoms with van der Waals surface area (Å²) in [4.78, 5) is 16.7. The molecule has 4 rings (SSSR count). The monoisotopic (exact) mass is 453 g/mol. The summed E-state index contributed by atoms with van der Waals surface area (Å²) in [5.74, 6) is 1.19. The first-order chi connectivity index (χ1) is 15.5. The number of carbonyl (C=O) groups is 1. The van der Waals surface area contributed by atoms with Crippen LogP contribution in [0.3, 0.4) is 0 Å². The van der Waals surface area contributed by atoms with Gasteiger partial charge in [-0.2, -0.15) is 5.10 Å². The number of hydrogen-bond donors (Lipinski definition) is 2. The van der Waals surface area contributed by atoms with Crippen LogP contribution in [0.1, 0.15) is 36.3 Å². The number of rotatable bonds is 8. The molecule has 0 saturated carbocycles. The number of methoxy groups -OCH3 is 1. The molecule has 1 saturated heterocycles. The first-order valence-electron chi connectivity index (χ1n) is 11.0. The molecule has 3 aromatic rings. The van der Waals surface area contributed by atoms with Crippen LogP contribution in [0.4, 0.5) is 10.6 Å². The fraction of sp³-hybridized carbons (Fsp3) is 0.417. The second-order valence-electron chi connectivity index (χ2n) is 8.44. The molecule has 0 unspecified atom stereocenters. The Labute approximate surface area is 193 Å². The third-order valence-corrected chi connectivity index (χ3v) is 6.80. The molecule has 32 heavy (non-hydrogen) atoms. The first kappa shape index (κ1) is 22.5. The number of anilines is 1. The summed E-state index contributed by atoms with van der Waals surface area (Å²) in [6.07, 6.45) is 0. The zero-order valence-electron chi connectivity index (χ0n) is 18.8. The summed E-state index contributed by atoms with van der Waals surface area (Å²) in [6, 6.07) is 15.9. The molecule has 2 amide bonds. The molecule has 1 fully saturated rings. The van der Waals surface area contributed by atoms with Crippen LogP contribution in [0.2, 0.25) is 0 Å². The predicted octanol–water partition coefficient (Wildman–Crippen LogP) is 4.29. The van der Waals surface area contributed by atoms with Crippen molar-refractivity contribution in [1.82, 2.24) is 20.0 Å². The van der Waals surface area contributed by atoms with Gasteiger partial charge in [-0.3, -0.25) is 10.2 Å². The van der Waals surface area contributed by atoms with Crippen molar-refractivity contribution >= 4 is 23.2 Å². The van der Waals surface area contributed by atoms with Gasteiger partial charge in [0.05, 0.1) is 24.0 Å². The maximum atomic E-state index is 13.1. The van der Waals surface area contributed by atoms with Crippen molar-refractivity contribution < 1.29 is 9.53 Å². The van der Waals surface area contributed by atoms with Crippen molar-refractivity contribution in [2.24, 2.45) is 0 Å². The molecule has 1 aliphatic rings. The zero-order valence-corrected chi connectivity index (χ0v) is 19.6. The molecule has 0 aliphatic carbocycles. The molecule has 2 N–H and O–H groups in total. The number of urea groups is 1. The third-order valence-electron chi connectivity index (χ3n) is 5.79. The Morgan fingerprint density at radius 2 is 2.03 bits per heavy atom. The molecule has 8 heteroatoms. The highest BCUT2D eigenvalue weighted by molar-refractivity contribution is 7.10. The van der Waals surface area contributed by atoms with Gasteiger partial charge in [0, 0.05) is 43.6 Å². The summed E-state index contributed by atoms with van der Waals surface area (Å²) in [5, 5.41) is 13.1. The van der Waals surface area contributed by atoms with E-state index in [1.54, 1.807) is 23.1 Å². The van der Waals surface area contributed by atoms with Crippen LogP contribution in [0, 0.1) is 0 Å². The highest BCUT2D eigenvalue weighted by atomic mass is 32.1. The van der Waals surface area contributed by atoms with Gasteiger partial charge in [-0.1, -0.05) is 38.1 Å².